The maximum absolute atomic E-state index is 11.1. The average molecular weight is 296 g/mol. The smallest absolute Gasteiger partial charge is 0.278 e. The first-order valence-electron chi connectivity index (χ1n) is 6.04. The molecule has 0 saturated heterocycles. The van der Waals surface area contributed by atoms with E-state index in [2.05, 4.69) is 0 Å². The van der Waals surface area contributed by atoms with E-state index in [0.29, 0.717) is 5.57 Å². The number of allylic oxidation sites excluding steroid dienone is 1. The minimum Gasteiger partial charge on any atom is -0.508 e. The van der Waals surface area contributed by atoms with Crippen LogP contribution in [0.4, 0.5) is 5.69 Å². The molecule has 0 amide bonds. The third-order valence-corrected chi connectivity index (χ3v) is 3.59. The number of halogens is 1. The fraction of sp³-hybridized carbons (Fsp3) is 0.286. The highest BCUT2D eigenvalue weighted by Crippen LogP contribution is 2.39. The molecule has 1 aromatic carbocycles. The fourth-order valence-electron chi connectivity index (χ4n) is 2.27. The predicted octanol–water partition coefficient (Wildman–Crippen LogP) is 3.74. The molecule has 0 spiro atoms. The Hall–Kier alpha value is -1.85. The Morgan fingerprint density at radius 3 is 2.70 bits per heavy atom. The van der Waals surface area contributed by atoms with Crippen LogP contribution in [-0.4, -0.2) is 23.2 Å². The van der Waals surface area contributed by atoms with Crippen LogP contribution < -0.4 is 0 Å². The second-order valence-corrected chi connectivity index (χ2v) is 4.99. The molecule has 2 unspecified atom stereocenters. The Bertz CT molecular complexity index is 609. The second-order valence-electron chi connectivity index (χ2n) is 4.58. The molecule has 0 aliphatic heterocycles. The van der Waals surface area contributed by atoms with Gasteiger partial charge >= 0.3 is 0 Å². The zero-order valence-electron chi connectivity index (χ0n) is 11.0. The van der Waals surface area contributed by atoms with Crippen molar-refractivity contribution in [2.45, 2.75) is 13.0 Å². The number of aliphatic hydroxyl groups excluding tert-OH is 1. The molecule has 20 heavy (non-hydrogen) atoms. The normalized spacial score (nSPS) is 22.1. The summed E-state index contributed by atoms with van der Waals surface area (Å²) >= 11 is 6.08. The third-order valence-electron chi connectivity index (χ3n) is 3.28. The Morgan fingerprint density at radius 2 is 2.10 bits per heavy atom. The van der Waals surface area contributed by atoms with Gasteiger partial charge in [-0.1, -0.05) is 30.7 Å². The lowest BCUT2D eigenvalue weighted by Crippen LogP contribution is -2.21. The molecule has 0 saturated carbocycles. The summed E-state index contributed by atoms with van der Waals surface area (Å²) in [5.41, 5.74) is 0.462. The number of ether oxygens (including phenoxy) is 1. The number of nitrogens with zero attached hydrogens (tertiary/aromatic N) is 1. The van der Waals surface area contributed by atoms with Crippen molar-refractivity contribution >= 4 is 22.9 Å². The van der Waals surface area contributed by atoms with Crippen molar-refractivity contribution < 1.29 is 14.8 Å². The summed E-state index contributed by atoms with van der Waals surface area (Å²) in [6, 6.07) is 4.43. The molecule has 0 fully saturated rings. The maximum Gasteiger partial charge on any atom is 0.278 e. The SMILES string of the molecule is COC1C=C(O)C(c2c(Cl)cccc2[N+](=O)[O-])=CC1C. The van der Waals surface area contributed by atoms with E-state index in [1.54, 1.807) is 19.3 Å². The van der Waals surface area contributed by atoms with Gasteiger partial charge in [0.25, 0.3) is 5.69 Å². The minimum absolute atomic E-state index is 0.0261. The van der Waals surface area contributed by atoms with E-state index in [-0.39, 0.29) is 34.1 Å². The number of nitro groups is 1. The molecular formula is C14H14ClNO4. The monoisotopic (exact) mass is 295 g/mol. The van der Waals surface area contributed by atoms with Gasteiger partial charge in [-0.25, -0.2) is 0 Å². The van der Waals surface area contributed by atoms with Gasteiger partial charge in [-0.2, -0.15) is 0 Å². The number of rotatable bonds is 3. The topological polar surface area (TPSA) is 72.6 Å². The van der Waals surface area contributed by atoms with E-state index in [9.17, 15) is 15.2 Å². The van der Waals surface area contributed by atoms with Crippen molar-refractivity contribution in [1.82, 2.24) is 0 Å². The number of nitro benzene ring substituents is 1. The van der Waals surface area contributed by atoms with Gasteiger partial charge in [-0.3, -0.25) is 10.1 Å². The highest BCUT2D eigenvalue weighted by molar-refractivity contribution is 6.33. The first kappa shape index (κ1) is 14.6. The van der Waals surface area contributed by atoms with Crippen LogP contribution in [0.25, 0.3) is 5.57 Å². The Morgan fingerprint density at radius 1 is 1.40 bits per heavy atom. The van der Waals surface area contributed by atoms with Crippen LogP contribution in [0, 0.1) is 16.0 Å². The van der Waals surface area contributed by atoms with Crippen molar-refractivity contribution in [2.75, 3.05) is 7.11 Å². The third kappa shape index (κ3) is 2.55. The average Bonchev–Trinajstić information content (AvgIpc) is 2.40. The van der Waals surface area contributed by atoms with Gasteiger partial charge in [0.2, 0.25) is 0 Å². The van der Waals surface area contributed by atoms with Crippen LogP contribution in [0.1, 0.15) is 12.5 Å². The molecule has 1 N–H and O–H groups in total. The number of methoxy groups -OCH3 is 1. The second kappa shape index (κ2) is 5.64. The molecule has 1 aliphatic carbocycles. The largest absolute Gasteiger partial charge is 0.508 e. The number of aliphatic hydroxyl groups is 1. The zero-order valence-corrected chi connectivity index (χ0v) is 11.8. The maximum atomic E-state index is 11.1. The molecule has 0 radical (unpaired) electrons. The van der Waals surface area contributed by atoms with E-state index in [4.69, 9.17) is 16.3 Å². The van der Waals surface area contributed by atoms with Crippen molar-refractivity contribution in [3.63, 3.8) is 0 Å². The van der Waals surface area contributed by atoms with Crippen LogP contribution in [0.2, 0.25) is 5.02 Å². The molecule has 2 atom stereocenters. The van der Waals surface area contributed by atoms with Gasteiger partial charge < -0.3 is 9.84 Å². The number of hydrogen-bond donors (Lipinski definition) is 1. The van der Waals surface area contributed by atoms with Crippen molar-refractivity contribution in [3.8, 4) is 0 Å². The highest BCUT2D eigenvalue weighted by atomic mass is 35.5. The van der Waals surface area contributed by atoms with E-state index in [1.165, 1.54) is 18.2 Å². The van der Waals surface area contributed by atoms with Crippen LogP contribution in [0.15, 0.2) is 36.1 Å². The lowest BCUT2D eigenvalue weighted by molar-refractivity contribution is -0.385. The Balaban J connectivity index is 2.58. The Kier molecular flexibility index (Phi) is 4.11. The first-order chi connectivity index (χ1) is 9.45. The molecule has 0 aromatic heterocycles. The van der Waals surface area contributed by atoms with Gasteiger partial charge in [0, 0.05) is 24.7 Å². The zero-order chi connectivity index (χ0) is 14.9. The van der Waals surface area contributed by atoms with Gasteiger partial charge in [-0.05, 0) is 12.1 Å². The quantitative estimate of drug-likeness (QED) is 0.681. The standard InChI is InChI=1S/C14H14ClNO4/c1-8-6-9(12(17)7-13(8)20-2)14-10(15)4-3-5-11(14)16(18)19/h3-8,13,17H,1-2H3. The van der Waals surface area contributed by atoms with Crippen LogP contribution >= 0.6 is 11.6 Å². The van der Waals surface area contributed by atoms with E-state index < -0.39 is 4.92 Å². The van der Waals surface area contributed by atoms with Gasteiger partial charge in [0.1, 0.15) is 5.76 Å². The molecular weight excluding hydrogens is 282 g/mol. The van der Waals surface area contributed by atoms with Crippen LogP contribution in [0.5, 0.6) is 0 Å². The molecule has 1 aliphatic rings. The van der Waals surface area contributed by atoms with E-state index in [0.717, 1.165) is 0 Å². The summed E-state index contributed by atoms with van der Waals surface area (Å²) in [7, 11) is 1.54. The molecule has 0 bridgehead atoms. The van der Waals surface area contributed by atoms with Gasteiger partial charge in [0.15, 0.2) is 0 Å². The Labute approximate surface area is 121 Å². The predicted molar refractivity (Wildman–Crippen MR) is 76.8 cm³/mol. The summed E-state index contributed by atoms with van der Waals surface area (Å²) < 4.78 is 5.22. The molecule has 6 heteroatoms. The summed E-state index contributed by atoms with van der Waals surface area (Å²) in [5, 5.41) is 21.5. The number of hydrogen-bond acceptors (Lipinski definition) is 4. The number of benzene rings is 1. The summed E-state index contributed by atoms with van der Waals surface area (Å²) in [4.78, 5) is 10.6. The molecule has 5 nitrogen and oxygen atoms in total. The van der Waals surface area contributed by atoms with Crippen LogP contribution in [0.3, 0.4) is 0 Å². The minimum atomic E-state index is -0.511. The highest BCUT2D eigenvalue weighted by Gasteiger charge is 2.28. The van der Waals surface area contributed by atoms with E-state index in [1.807, 2.05) is 6.92 Å². The first-order valence-corrected chi connectivity index (χ1v) is 6.42. The summed E-state index contributed by atoms with van der Waals surface area (Å²) in [6.07, 6.45) is 3.01. The fourth-order valence-corrected chi connectivity index (χ4v) is 2.54. The van der Waals surface area contributed by atoms with Gasteiger partial charge in [-0.15, -0.1) is 0 Å². The summed E-state index contributed by atoms with van der Waals surface area (Å²) in [6.45, 7) is 1.90. The lowest BCUT2D eigenvalue weighted by atomic mass is 9.89. The van der Waals surface area contributed by atoms with Crippen molar-refractivity contribution in [2.24, 2.45) is 5.92 Å². The van der Waals surface area contributed by atoms with E-state index >= 15 is 0 Å². The molecule has 0 heterocycles. The lowest BCUT2D eigenvalue weighted by Gasteiger charge is -2.23. The van der Waals surface area contributed by atoms with Gasteiger partial charge in [0.05, 0.1) is 21.6 Å². The molecule has 1 aromatic rings. The van der Waals surface area contributed by atoms with Crippen molar-refractivity contribution in [1.29, 1.82) is 0 Å². The molecule has 2 rings (SSSR count). The molecule has 106 valence electrons. The van der Waals surface area contributed by atoms with Crippen molar-refractivity contribution in [3.05, 3.63) is 56.8 Å². The summed E-state index contributed by atoms with van der Waals surface area (Å²) in [5.74, 6) is -0.0899. The van der Waals surface area contributed by atoms with Crippen LogP contribution in [-0.2, 0) is 4.74 Å².